The van der Waals surface area contributed by atoms with E-state index in [1.165, 1.54) is 12.1 Å². The fourth-order valence-electron chi connectivity index (χ4n) is 4.04. The van der Waals surface area contributed by atoms with Crippen LogP contribution < -0.4 is 5.32 Å². The molecule has 1 N–H and O–H groups in total. The molecule has 1 heterocycles. The lowest BCUT2D eigenvalue weighted by Gasteiger charge is -2.24. The Morgan fingerprint density at radius 1 is 1.27 bits per heavy atom. The summed E-state index contributed by atoms with van der Waals surface area (Å²) in [4.78, 5) is 12.6. The number of hydrogen-bond donors (Lipinski definition) is 1. The van der Waals surface area contributed by atoms with E-state index < -0.39 is 11.7 Å². The lowest BCUT2D eigenvalue weighted by atomic mass is 9.92. The molecule has 0 aliphatic heterocycles. The van der Waals surface area contributed by atoms with Gasteiger partial charge in [-0.05, 0) is 43.2 Å². The summed E-state index contributed by atoms with van der Waals surface area (Å²) in [5, 5.41) is 7.29. The van der Waals surface area contributed by atoms with Crippen molar-refractivity contribution in [1.29, 1.82) is 0 Å². The quantitative estimate of drug-likeness (QED) is 0.903. The number of benzene rings is 1. The van der Waals surface area contributed by atoms with Crippen LogP contribution in [0.2, 0.25) is 0 Å². The minimum atomic E-state index is -4.39. The van der Waals surface area contributed by atoms with Gasteiger partial charge < -0.3 is 5.32 Å². The fraction of sp³-hybridized carbons (Fsp3) is 0.474. The van der Waals surface area contributed by atoms with Gasteiger partial charge in [0, 0.05) is 24.2 Å². The molecule has 26 heavy (non-hydrogen) atoms. The Hall–Kier alpha value is -2.31. The lowest BCUT2D eigenvalue weighted by molar-refractivity contribution is -0.138. The molecule has 4 nitrogen and oxygen atoms in total. The molecule has 1 saturated carbocycles. The van der Waals surface area contributed by atoms with Gasteiger partial charge in [-0.15, -0.1) is 0 Å². The number of amides is 1. The molecule has 1 aromatic heterocycles. The van der Waals surface area contributed by atoms with Crippen LogP contribution in [0.1, 0.15) is 53.6 Å². The van der Waals surface area contributed by atoms with Gasteiger partial charge in [-0.3, -0.25) is 9.48 Å². The Morgan fingerprint density at radius 2 is 2.04 bits per heavy atom. The van der Waals surface area contributed by atoms with Crippen LogP contribution in [0.15, 0.2) is 30.5 Å². The van der Waals surface area contributed by atoms with E-state index in [1.807, 2.05) is 11.7 Å². The fourth-order valence-corrected chi connectivity index (χ4v) is 4.04. The molecule has 1 aromatic carbocycles. The molecular formula is C19H20F3N3O. The summed E-state index contributed by atoms with van der Waals surface area (Å²) in [7, 11) is 1.88. The molecule has 0 saturated heterocycles. The van der Waals surface area contributed by atoms with Crippen LogP contribution in [-0.4, -0.2) is 15.7 Å². The first-order valence-corrected chi connectivity index (χ1v) is 8.83. The number of hydrogen-bond acceptors (Lipinski definition) is 2. The number of fused-ring (bicyclic) bond motifs is 1. The van der Waals surface area contributed by atoms with Crippen LogP contribution >= 0.6 is 0 Å². The second kappa shape index (κ2) is 6.14. The van der Waals surface area contributed by atoms with E-state index in [2.05, 4.69) is 10.4 Å². The van der Waals surface area contributed by atoms with Crippen molar-refractivity contribution >= 4 is 5.91 Å². The number of carbonyl (C=O) groups is 1. The molecule has 7 heteroatoms. The molecule has 138 valence electrons. The molecule has 3 unspecified atom stereocenters. The first kappa shape index (κ1) is 17.1. The van der Waals surface area contributed by atoms with Gasteiger partial charge in [-0.25, -0.2) is 0 Å². The highest BCUT2D eigenvalue weighted by Crippen LogP contribution is 2.51. The van der Waals surface area contributed by atoms with Gasteiger partial charge in [0.1, 0.15) is 0 Å². The molecule has 1 amide bonds. The van der Waals surface area contributed by atoms with Crippen LogP contribution in [0.5, 0.6) is 0 Å². The van der Waals surface area contributed by atoms with Crippen LogP contribution in [-0.2, 0) is 24.4 Å². The largest absolute Gasteiger partial charge is 0.416 e. The lowest BCUT2D eigenvalue weighted by Crippen LogP contribution is -2.32. The average molecular weight is 363 g/mol. The summed E-state index contributed by atoms with van der Waals surface area (Å²) < 4.78 is 41.4. The van der Waals surface area contributed by atoms with Crippen LogP contribution in [0.4, 0.5) is 13.2 Å². The van der Waals surface area contributed by atoms with Crippen molar-refractivity contribution in [3.05, 3.63) is 52.8 Å². The maximum Gasteiger partial charge on any atom is 0.416 e. The predicted octanol–water partition coefficient (Wildman–Crippen LogP) is 3.74. The molecule has 2 aromatic rings. The molecule has 3 atom stereocenters. The van der Waals surface area contributed by atoms with Crippen LogP contribution in [0, 0.1) is 5.92 Å². The Balaban J connectivity index is 1.48. The third-order valence-corrected chi connectivity index (χ3v) is 5.49. The molecule has 1 fully saturated rings. The van der Waals surface area contributed by atoms with Gasteiger partial charge in [-0.2, -0.15) is 18.3 Å². The number of alkyl halides is 3. The Morgan fingerprint density at radius 3 is 2.81 bits per heavy atom. The molecule has 0 spiro atoms. The Kier molecular flexibility index (Phi) is 4.04. The van der Waals surface area contributed by atoms with E-state index in [9.17, 15) is 18.0 Å². The van der Waals surface area contributed by atoms with Crippen LogP contribution in [0.3, 0.4) is 0 Å². The Labute approximate surface area is 149 Å². The molecule has 2 aliphatic rings. The minimum absolute atomic E-state index is 0.0981. The normalized spacial score (nSPS) is 24.8. The molecule has 2 aliphatic carbocycles. The number of aryl methyl sites for hydroxylation is 1. The summed E-state index contributed by atoms with van der Waals surface area (Å²) >= 11 is 0. The number of aromatic nitrogens is 2. The highest BCUT2D eigenvalue weighted by Gasteiger charge is 2.48. The average Bonchev–Trinajstić information content (AvgIpc) is 3.32. The van der Waals surface area contributed by atoms with Gasteiger partial charge >= 0.3 is 6.18 Å². The number of rotatable bonds is 3. The summed E-state index contributed by atoms with van der Waals surface area (Å²) in [6, 6.07) is 5.46. The van der Waals surface area contributed by atoms with Gasteiger partial charge in [0.25, 0.3) is 0 Å². The Bertz CT molecular complexity index is 843. The minimum Gasteiger partial charge on any atom is -0.349 e. The van der Waals surface area contributed by atoms with Gasteiger partial charge in [0.05, 0.1) is 17.8 Å². The topological polar surface area (TPSA) is 46.9 Å². The van der Waals surface area contributed by atoms with Crippen molar-refractivity contribution in [2.24, 2.45) is 13.0 Å². The summed E-state index contributed by atoms with van der Waals surface area (Å²) in [5.74, 6) is -0.904. The highest BCUT2D eigenvalue weighted by atomic mass is 19.4. The summed E-state index contributed by atoms with van der Waals surface area (Å²) in [6.07, 6.45) is 0.579. The predicted molar refractivity (Wildman–Crippen MR) is 89.3 cm³/mol. The maximum atomic E-state index is 13.2. The maximum absolute atomic E-state index is 13.2. The second-order valence-corrected chi connectivity index (χ2v) is 7.16. The number of halogens is 3. The van der Waals surface area contributed by atoms with E-state index in [1.54, 1.807) is 12.3 Å². The van der Waals surface area contributed by atoms with E-state index in [0.717, 1.165) is 36.6 Å². The van der Waals surface area contributed by atoms with Gasteiger partial charge in [0.2, 0.25) is 5.91 Å². The van der Waals surface area contributed by atoms with Gasteiger partial charge in [0.15, 0.2) is 0 Å². The zero-order valence-electron chi connectivity index (χ0n) is 14.4. The van der Waals surface area contributed by atoms with Crippen molar-refractivity contribution in [2.75, 3.05) is 0 Å². The second-order valence-electron chi connectivity index (χ2n) is 7.16. The van der Waals surface area contributed by atoms with Crippen molar-refractivity contribution in [3.63, 3.8) is 0 Å². The van der Waals surface area contributed by atoms with E-state index in [0.29, 0.717) is 6.42 Å². The van der Waals surface area contributed by atoms with Crippen molar-refractivity contribution in [1.82, 2.24) is 15.1 Å². The zero-order chi connectivity index (χ0) is 18.5. The molecular weight excluding hydrogens is 343 g/mol. The standard InChI is InChI=1S/C19H20F3N3O/c1-25-17-8-4-7-16(14(17)10-23-25)24-18(26)13-9-12(13)11-5-2-3-6-15(11)19(20,21)22/h2-3,5-6,10,12-13,16H,4,7-9H2,1H3,(H,24,26). The van der Waals surface area contributed by atoms with Crippen LogP contribution in [0.25, 0.3) is 0 Å². The van der Waals surface area contributed by atoms with E-state index in [4.69, 9.17) is 0 Å². The van der Waals surface area contributed by atoms with Crippen molar-refractivity contribution in [2.45, 2.75) is 43.8 Å². The van der Waals surface area contributed by atoms with Gasteiger partial charge in [-0.1, -0.05) is 18.2 Å². The number of nitrogens with one attached hydrogen (secondary N) is 1. The first-order valence-electron chi connectivity index (χ1n) is 8.83. The smallest absolute Gasteiger partial charge is 0.349 e. The summed E-state index contributed by atoms with van der Waals surface area (Å²) in [5.41, 5.74) is 1.75. The van der Waals surface area contributed by atoms with E-state index >= 15 is 0 Å². The molecule has 0 bridgehead atoms. The van der Waals surface area contributed by atoms with Crippen molar-refractivity contribution in [3.8, 4) is 0 Å². The zero-order valence-corrected chi connectivity index (χ0v) is 14.4. The molecule has 0 radical (unpaired) electrons. The number of nitrogens with zero attached hydrogens (tertiary/aromatic N) is 2. The monoisotopic (exact) mass is 363 g/mol. The first-order chi connectivity index (χ1) is 12.4. The van der Waals surface area contributed by atoms with Crippen molar-refractivity contribution < 1.29 is 18.0 Å². The van der Waals surface area contributed by atoms with E-state index in [-0.39, 0.29) is 29.3 Å². The SMILES string of the molecule is Cn1ncc2c1CCCC2NC(=O)C1CC1c1ccccc1C(F)(F)F. The summed E-state index contributed by atoms with van der Waals surface area (Å²) in [6.45, 7) is 0. The highest BCUT2D eigenvalue weighted by molar-refractivity contribution is 5.83. The third kappa shape index (κ3) is 2.99. The number of carbonyl (C=O) groups excluding carboxylic acids is 1. The molecule has 4 rings (SSSR count). The third-order valence-electron chi connectivity index (χ3n) is 5.49.